The Hall–Kier alpha value is -0.670. The Morgan fingerprint density at radius 2 is 2.00 bits per heavy atom. The van der Waals surface area contributed by atoms with Crippen molar-refractivity contribution in [1.29, 1.82) is 0 Å². The lowest BCUT2D eigenvalue weighted by Gasteiger charge is -2.44. The minimum Gasteiger partial charge on any atom is -0.347 e. The Morgan fingerprint density at radius 1 is 1.36 bits per heavy atom. The number of hydrogen-bond acceptors (Lipinski definition) is 3. The molecule has 3 heteroatoms. The molecule has 2 aliphatic rings. The molecule has 1 spiro atoms. The molecule has 0 amide bonds. The van der Waals surface area contributed by atoms with Gasteiger partial charge in [0.05, 0.1) is 13.2 Å². The molecule has 0 aromatic heterocycles. The van der Waals surface area contributed by atoms with Crippen molar-refractivity contribution in [3.05, 3.63) is 11.6 Å². The molecule has 3 nitrogen and oxygen atoms in total. The number of carbonyl (C=O) groups excluding carboxylic acids is 1. The van der Waals surface area contributed by atoms with E-state index >= 15 is 0 Å². The van der Waals surface area contributed by atoms with Crippen LogP contribution in [0.15, 0.2) is 11.6 Å². The van der Waals surface area contributed by atoms with Gasteiger partial charge in [-0.15, -0.1) is 0 Å². The van der Waals surface area contributed by atoms with E-state index in [0.29, 0.717) is 13.2 Å². The van der Waals surface area contributed by atoms with Crippen LogP contribution in [0.4, 0.5) is 0 Å². The highest BCUT2D eigenvalue weighted by atomic mass is 16.7. The zero-order valence-corrected chi connectivity index (χ0v) is 8.71. The van der Waals surface area contributed by atoms with Crippen LogP contribution < -0.4 is 0 Å². The first-order chi connectivity index (χ1) is 6.62. The van der Waals surface area contributed by atoms with Gasteiger partial charge in [-0.3, -0.25) is 4.79 Å². The van der Waals surface area contributed by atoms with Crippen LogP contribution >= 0.6 is 0 Å². The normalized spacial score (nSPS) is 28.9. The highest BCUT2D eigenvalue weighted by Gasteiger charge is 2.53. The van der Waals surface area contributed by atoms with E-state index in [1.165, 1.54) is 0 Å². The van der Waals surface area contributed by atoms with E-state index < -0.39 is 5.79 Å². The van der Waals surface area contributed by atoms with Crippen LogP contribution in [-0.4, -0.2) is 25.3 Å². The zero-order valence-electron chi connectivity index (χ0n) is 8.71. The largest absolute Gasteiger partial charge is 0.347 e. The average molecular weight is 196 g/mol. The molecule has 0 N–H and O–H groups in total. The van der Waals surface area contributed by atoms with E-state index in [-0.39, 0.29) is 5.41 Å². The Balaban J connectivity index is 2.37. The summed E-state index contributed by atoms with van der Waals surface area (Å²) < 4.78 is 11.4. The minimum atomic E-state index is -0.558. The molecule has 1 aliphatic heterocycles. The average Bonchev–Trinajstić information content (AvgIpc) is 2.60. The van der Waals surface area contributed by atoms with Gasteiger partial charge in [0.25, 0.3) is 0 Å². The van der Waals surface area contributed by atoms with Gasteiger partial charge in [-0.1, -0.05) is 19.9 Å². The Kier molecular flexibility index (Phi) is 2.24. The zero-order chi connectivity index (χ0) is 10.2. The summed E-state index contributed by atoms with van der Waals surface area (Å²) in [7, 11) is 0. The van der Waals surface area contributed by atoms with E-state index in [2.05, 4.69) is 0 Å². The fraction of sp³-hybridized carbons (Fsp3) is 0.727. The fourth-order valence-electron chi connectivity index (χ4n) is 2.36. The number of aldehydes is 1. The van der Waals surface area contributed by atoms with Crippen LogP contribution in [0.25, 0.3) is 0 Å². The van der Waals surface area contributed by atoms with Gasteiger partial charge < -0.3 is 9.47 Å². The monoisotopic (exact) mass is 196 g/mol. The highest BCUT2D eigenvalue weighted by Crippen LogP contribution is 2.48. The molecule has 0 atom stereocenters. The summed E-state index contributed by atoms with van der Waals surface area (Å²) in [4.78, 5) is 10.9. The van der Waals surface area contributed by atoms with Crippen LogP contribution in [0.5, 0.6) is 0 Å². The smallest absolute Gasteiger partial charge is 0.177 e. The molecule has 78 valence electrons. The van der Waals surface area contributed by atoms with Gasteiger partial charge in [-0.2, -0.15) is 0 Å². The Morgan fingerprint density at radius 3 is 2.57 bits per heavy atom. The van der Waals surface area contributed by atoms with E-state index in [1.54, 1.807) is 0 Å². The first-order valence-corrected chi connectivity index (χ1v) is 5.06. The summed E-state index contributed by atoms with van der Waals surface area (Å²) in [6.45, 7) is 5.29. The van der Waals surface area contributed by atoms with E-state index in [9.17, 15) is 4.79 Å². The number of hydrogen-bond donors (Lipinski definition) is 0. The van der Waals surface area contributed by atoms with E-state index in [1.807, 2.05) is 19.9 Å². The third-order valence-corrected chi connectivity index (χ3v) is 3.39. The molecule has 0 aromatic rings. The first-order valence-electron chi connectivity index (χ1n) is 5.06. The van der Waals surface area contributed by atoms with Crippen LogP contribution in [0, 0.1) is 5.41 Å². The standard InChI is InChI=1S/C11H16O3/c1-10(2)9(8-12)4-3-5-11(10)13-6-7-14-11/h4,8H,3,5-7H2,1-2H3. The predicted octanol–water partition coefficient (Wildman–Crippen LogP) is 1.67. The minimum absolute atomic E-state index is 0.330. The molecule has 1 heterocycles. The topological polar surface area (TPSA) is 35.5 Å². The van der Waals surface area contributed by atoms with Crippen LogP contribution in [-0.2, 0) is 14.3 Å². The molecule has 0 bridgehead atoms. The van der Waals surface area contributed by atoms with Crippen molar-refractivity contribution in [2.45, 2.75) is 32.5 Å². The number of carbonyl (C=O) groups is 1. The molecule has 2 rings (SSSR count). The summed E-state index contributed by atoms with van der Waals surface area (Å²) in [6, 6.07) is 0. The van der Waals surface area contributed by atoms with Gasteiger partial charge in [-0.05, 0) is 12.0 Å². The van der Waals surface area contributed by atoms with Crippen molar-refractivity contribution < 1.29 is 14.3 Å². The molecule has 0 unspecified atom stereocenters. The molecular weight excluding hydrogens is 180 g/mol. The first kappa shape index (κ1) is 9.87. The maximum Gasteiger partial charge on any atom is 0.177 e. The van der Waals surface area contributed by atoms with Crippen LogP contribution in [0.1, 0.15) is 26.7 Å². The van der Waals surface area contributed by atoms with Crippen LogP contribution in [0.2, 0.25) is 0 Å². The molecule has 14 heavy (non-hydrogen) atoms. The number of ether oxygens (including phenoxy) is 2. The molecule has 1 fully saturated rings. The second-order valence-electron chi connectivity index (χ2n) is 4.39. The van der Waals surface area contributed by atoms with Crippen molar-refractivity contribution in [2.75, 3.05) is 13.2 Å². The summed E-state index contributed by atoms with van der Waals surface area (Å²) in [5.74, 6) is -0.558. The van der Waals surface area contributed by atoms with Crippen molar-refractivity contribution in [3.63, 3.8) is 0 Å². The number of rotatable bonds is 1. The van der Waals surface area contributed by atoms with Crippen molar-refractivity contribution >= 4 is 6.29 Å². The highest BCUT2D eigenvalue weighted by molar-refractivity contribution is 5.76. The Labute approximate surface area is 84.1 Å². The third-order valence-electron chi connectivity index (χ3n) is 3.39. The maximum absolute atomic E-state index is 10.9. The van der Waals surface area contributed by atoms with Gasteiger partial charge >= 0.3 is 0 Å². The lowest BCUT2D eigenvalue weighted by atomic mass is 9.71. The van der Waals surface area contributed by atoms with E-state index in [0.717, 1.165) is 24.7 Å². The summed E-state index contributed by atoms with van der Waals surface area (Å²) in [5.41, 5.74) is 0.467. The lowest BCUT2D eigenvalue weighted by molar-refractivity contribution is -0.223. The van der Waals surface area contributed by atoms with Gasteiger partial charge in [0, 0.05) is 11.8 Å². The summed E-state index contributed by atoms with van der Waals surface area (Å²) in [6.07, 6.45) is 4.62. The fourth-order valence-corrected chi connectivity index (χ4v) is 2.36. The second-order valence-corrected chi connectivity index (χ2v) is 4.39. The second kappa shape index (κ2) is 3.17. The molecule has 1 saturated heterocycles. The van der Waals surface area contributed by atoms with Gasteiger partial charge in [0.2, 0.25) is 0 Å². The van der Waals surface area contributed by atoms with Crippen molar-refractivity contribution in [3.8, 4) is 0 Å². The lowest BCUT2D eigenvalue weighted by Crippen LogP contribution is -2.49. The molecule has 1 aliphatic carbocycles. The summed E-state index contributed by atoms with van der Waals surface area (Å²) >= 11 is 0. The molecular formula is C11H16O3. The van der Waals surface area contributed by atoms with Crippen molar-refractivity contribution in [1.82, 2.24) is 0 Å². The maximum atomic E-state index is 10.9. The van der Waals surface area contributed by atoms with Gasteiger partial charge in [0.15, 0.2) is 5.79 Å². The summed E-state index contributed by atoms with van der Waals surface area (Å²) in [5, 5.41) is 0. The van der Waals surface area contributed by atoms with Gasteiger partial charge in [-0.25, -0.2) is 0 Å². The quantitative estimate of drug-likeness (QED) is 0.598. The molecule has 0 saturated carbocycles. The third kappa shape index (κ3) is 1.16. The number of allylic oxidation sites excluding steroid dienone is 1. The molecule has 0 aromatic carbocycles. The van der Waals surface area contributed by atoms with Crippen LogP contribution in [0.3, 0.4) is 0 Å². The Bertz CT molecular complexity index is 272. The predicted molar refractivity (Wildman–Crippen MR) is 51.8 cm³/mol. The molecule has 0 radical (unpaired) electrons. The SMILES string of the molecule is CC1(C)C(C=O)=CCCC12OCCO2. The van der Waals surface area contributed by atoms with Crippen molar-refractivity contribution in [2.24, 2.45) is 5.41 Å². The van der Waals surface area contributed by atoms with E-state index in [4.69, 9.17) is 9.47 Å². The van der Waals surface area contributed by atoms with Gasteiger partial charge in [0.1, 0.15) is 6.29 Å².